The number of aromatic nitrogens is 1. The van der Waals surface area contributed by atoms with E-state index in [1.165, 1.54) is 16.7 Å². The number of amides is 3. The van der Waals surface area contributed by atoms with Crippen molar-refractivity contribution in [2.45, 2.75) is 19.4 Å². The lowest BCUT2D eigenvalue weighted by Crippen LogP contribution is -2.28. The van der Waals surface area contributed by atoms with Crippen LogP contribution in [0.1, 0.15) is 23.2 Å². The number of terminal acetylenes is 1. The highest BCUT2D eigenvalue weighted by Crippen LogP contribution is 2.24. The predicted octanol–water partition coefficient (Wildman–Crippen LogP) is 2.87. The van der Waals surface area contributed by atoms with Crippen molar-refractivity contribution in [2.24, 2.45) is 4.99 Å². The minimum Gasteiger partial charge on any atom is -0.302 e. The van der Waals surface area contributed by atoms with E-state index >= 15 is 0 Å². The normalized spacial score (nSPS) is 14.6. The molecule has 1 aromatic heterocycles. The van der Waals surface area contributed by atoms with Gasteiger partial charge in [-0.25, -0.2) is 4.39 Å². The molecular formula is C21H14FN3O3S. The van der Waals surface area contributed by atoms with Crippen LogP contribution in [0.25, 0.3) is 10.2 Å². The number of halogens is 1. The molecule has 0 N–H and O–H groups in total. The zero-order valence-electron chi connectivity index (χ0n) is 15.1. The van der Waals surface area contributed by atoms with E-state index in [1.54, 1.807) is 30.3 Å². The van der Waals surface area contributed by atoms with Gasteiger partial charge in [0.2, 0.25) is 11.8 Å². The molecule has 6 nitrogen and oxygen atoms in total. The number of carbonyl (C=O) groups excluding carboxylic acids is 3. The van der Waals surface area contributed by atoms with Crippen molar-refractivity contribution in [2.75, 3.05) is 4.90 Å². The summed E-state index contributed by atoms with van der Waals surface area (Å²) in [4.78, 5) is 42.1. The molecule has 1 aliphatic heterocycles. The van der Waals surface area contributed by atoms with Crippen LogP contribution in [0, 0.1) is 18.2 Å². The summed E-state index contributed by atoms with van der Waals surface area (Å²) in [5, 5.41) is 0. The minimum absolute atomic E-state index is 0.0594. The average Bonchev–Trinajstić information content (AvgIpc) is 3.22. The number of benzene rings is 2. The van der Waals surface area contributed by atoms with Gasteiger partial charge in [-0.15, -0.1) is 6.42 Å². The molecule has 2 aromatic carbocycles. The number of hydrogen-bond donors (Lipinski definition) is 0. The first-order valence-electron chi connectivity index (χ1n) is 8.76. The van der Waals surface area contributed by atoms with Crippen molar-refractivity contribution in [3.8, 4) is 12.3 Å². The summed E-state index contributed by atoms with van der Waals surface area (Å²) in [5.74, 6) is 0.816. The Labute approximate surface area is 168 Å². The fraction of sp³-hybridized carbons (Fsp3) is 0.143. The van der Waals surface area contributed by atoms with E-state index in [0.29, 0.717) is 15.9 Å². The molecule has 144 valence electrons. The highest BCUT2D eigenvalue weighted by atomic mass is 32.1. The Morgan fingerprint density at radius 3 is 2.62 bits per heavy atom. The first kappa shape index (κ1) is 18.8. The number of fused-ring (bicyclic) bond motifs is 1. The molecule has 4 rings (SSSR count). The molecule has 29 heavy (non-hydrogen) atoms. The molecule has 0 spiro atoms. The number of thiazole rings is 1. The van der Waals surface area contributed by atoms with E-state index in [1.807, 2.05) is 0 Å². The summed E-state index contributed by atoms with van der Waals surface area (Å²) in [6.45, 7) is 0.0594. The summed E-state index contributed by atoms with van der Waals surface area (Å²) in [6.07, 6.45) is 5.71. The van der Waals surface area contributed by atoms with Crippen LogP contribution in [0.4, 0.5) is 10.1 Å². The van der Waals surface area contributed by atoms with E-state index < -0.39 is 11.7 Å². The van der Waals surface area contributed by atoms with Crippen molar-refractivity contribution in [1.82, 2.24) is 4.57 Å². The van der Waals surface area contributed by atoms with Gasteiger partial charge in [-0.2, -0.15) is 4.99 Å². The molecule has 0 unspecified atom stereocenters. The molecule has 0 atom stereocenters. The third-order valence-electron chi connectivity index (χ3n) is 4.50. The third kappa shape index (κ3) is 3.37. The summed E-state index contributed by atoms with van der Waals surface area (Å²) < 4.78 is 16.4. The second kappa shape index (κ2) is 7.45. The number of para-hydroxylation sites is 1. The number of nitrogens with zero attached hydrogens (tertiary/aromatic N) is 3. The van der Waals surface area contributed by atoms with Crippen LogP contribution in [0.3, 0.4) is 0 Å². The van der Waals surface area contributed by atoms with Crippen LogP contribution in [-0.4, -0.2) is 22.3 Å². The molecule has 1 saturated heterocycles. The first-order chi connectivity index (χ1) is 14.0. The van der Waals surface area contributed by atoms with Gasteiger partial charge in [0, 0.05) is 18.4 Å². The van der Waals surface area contributed by atoms with Gasteiger partial charge in [0.15, 0.2) is 4.80 Å². The topological polar surface area (TPSA) is 71.7 Å². The molecule has 3 aromatic rings. The fourth-order valence-electron chi connectivity index (χ4n) is 3.20. The van der Waals surface area contributed by atoms with Gasteiger partial charge in [-0.3, -0.25) is 19.3 Å². The van der Waals surface area contributed by atoms with Crippen molar-refractivity contribution in [1.29, 1.82) is 0 Å². The quantitative estimate of drug-likeness (QED) is 0.495. The maximum Gasteiger partial charge on any atom is 0.279 e. The molecule has 3 amide bonds. The lowest BCUT2D eigenvalue weighted by molar-refractivity contribution is -0.121. The summed E-state index contributed by atoms with van der Waals surface area (Å²) >= 11 is 1.15. The highest BCUT2D eigenvalue weighted by molar-refractivity contribution is 7.16. The van der Waals surface area contributed by atoms with Crippen molar-refractivity contribution < 1.29 is 18.8 Å². The number of hydrogen-bond acceptors (Lipinski definition) is 4. The summed E-state index contributed by atoms with van der Waals surface area (Å²) in [5.41, 5.74) is 0.835. The zero-order valence-corrected chi connectivity index (χ0v) is 15.9. The Morgan fingerprint density at radius 1 is 1.17 bits per heavy atom. The molecule has 0 saturated carbocycles. The molecule has 1 aliphatic rings. The summed E-state index contributed by atoms with van der Waals surface area (Å²) in [7, 11) is 0. The molecule has 1 fully saturated rings. The predicted molar refractivity (Wildman–Crippen MR) is 107 cm³/mol. The van der Waals surface area contributed by atoms with Gasteiger partial charge in [-0.05, 0) is 30.3 Å². The largest absolute Gasteiger partial charge is 0.302 e. The van der Waals surface area contributed by atoms with Gasteiger partial charge in [0.1, 0.15) is 5.82 Å². The van der Waals surface area contributed by atoms with E-state index in [2.05, 4.69) is 10.9 Å². The van der Waals surface area contributed by atoms with Crippen molar-refractivity contribution in [3.05, 3.63) is 58.6 Å². The van der Waals surface area contributed by atoms with Crippen molar-refractivity contribution >= 4 is 45.0 Å². The van der Waals surface area contributed by atoms with Crippen LogP contribution in [0.2, 0.25) is 0 Å². The number of imide groups is 1. The molecular weight excluding hydrogens is 393 g/mol. The van der Waals surface area contributed by atoms with Gasteiger partial charge >= 0.3 is 0 Å². The molecule has 0 bridgehead atoms. The fourth-order valence-corrected chi connectivity index (χ4v) is 4.25. The lowest BCUT2D eigenvalue weighted by atomic mass is 10.2. The zero-order chi connectivity index (χ0) is 20.5. The van der Waals surface area contributed by atoms with E-state index in [9.17, 15) is 18.8 Å². The maximum atomic E-state index is 14.3. The van der Waals surface area contributed by atoms with Crippen LogP contribution in [-0.2, 0) is 16.1 Å². The van der Waals surface area contributed by atoms with Gasteiger partial charge in [0.05, 0.1) is 22.4 Å². The number of anilines is 1. The minimum atomic E-state index is -0.580. The smallest absolute Gasteiger partial charge is 0.279 e. The number of carbonyl (C=O) groups is 3. The molecule has 2 heterocycles. The number of rotatable bonds is 3. The summed E-state index contributed by atoms with van der Waals surface area (Å²) in [6, 6.07) is 10.8. The molecule has 0 radical (unpaired) electrons. The van der Waals surface area contributed by atoms with E-state index in [0.717, 1.165) is 16.2 Å². The Bertz CT molecular complexity index is 1270. The first-order valence-corrected chi connectivity index (χ1v) is 9.57. The van der Waals surface area contributed by atoms with Gasteiger partial charge in [0.25, 0.3) is 5.91 Å². The van der Waals surface area contributed by atoms with Crippen LogP contribution in [0.5, 0.6) is 0 Å². The molecule has 0 aliphatic carbocycles. The second-order valence-electron chi connectivity index (χ2n) is 6.35. The van der Waals surface area contributed by atoms with Crippen LogP contribution in [0.15, 0.2) is 47.5 Å². The average molecular weight is 407 g/mol. The van der Waals surface area contributed by atoms with Gasteiger partial charge < -0.3 is 4.57 Å². The monoisotopic (exact) mass is 407 g/mol. The second-order valence-corrected chi connectivity index (χ2v) is 7.36. The Morgan fingerprint density at radius 2 is 1.90 bits per heavy atom. The van der Waals surface area contributed by atoms with Crippen molar-refractivity contribution in [3.63, 3.8) is 0 Å². The Balaban J connectivity index is 1.78. The van der Waals surface area contributed by atoms with E-state index in [-0.39, 0.29) is 41.6 Å². The Kier molecular flexibility index (Phi) is 4.82. The van der Waals surface area contributed by atoms with Crippen LogP contribution >= 0.6 is 11.3 Å². The third-order valence-corrected chi connectivity index (χ3v) is 5.54. The van der Waals surface area contributed by atoms with Gasteiger partial charge in [-0.1, -0.05) is 29.4 Å². The Hall–Kier alpha value is -3.57. The van der Waals surface area contributed by atoms with Crippen LogP contribution < -0.4 is 9.70 Å². The maximum absolute atomic E-state index is 14.3. The standard InChI is InChI=1S/C21H14FN3O3S/c1-2-11-24-19-15(22)7-4-8-16(19)29-21(24)23-20(28)13-5-3-6-14(12-13)25-17(26)9-10-18(25)27/h1,3-8,12H,9-11H2. The lowest BCUT2D eigenvalue weighted by Gasteiger charge is -2.14. The van der Waals surface area contributed by atoms with E-state index in [4.69, 9.17) is 6.42 Å². The SMILES string of the molecule is C#CCn1c(=NC(=O)c2cccc(N3C(=O)CCC3=O)c2)sc2cccc(F)c21. The molecule has 8 heteroatoms. The highest BCUT2D eigenvalue weighted by Gasteiger charge is 2.30.